The van der Waals surface area contributed by atoms with Crippen LogP contribution in [0.25, 0.3) is 0 Å². The highest BCUT2D eigenvalue weighted by atomic mass is 79.9. The lowest BCUT2D eigenvalue weighted by Gasteiger charge is -2.28. The third-order valence-corrected chi connectivity index (χ3v) is 2.00. The van der Waals surface area contributed by atoms with Crippen molar-refractivity contribution in [2.75, 3.05) is 26.2 Å². The van der Waals surface area contributed by atoms with Crippen molar-refractivity contribution in [2.24, 2.45) is 0 Å². The highest BCUT2D eigenvalue weighted by molar-refractivity contribution is 4.88. The molecule has 0 aromatic rings. The second kappa shape index (κ2) is 5.22. The third-order valence-electron chi connectivity index (χ3n) is 2.00. The number of hydrogen-bond donors (Lipinski definition) is 1. The predicted octanol–water partition coefficient (Wildman–Crippen LogP) is -3.02. The Labute approximate surface area is 84.7 Å². The van der Waals surface area contributed by atoms with Crippen molar-refractivity contribution < 1.29 is 21.6 Å². The van der Waals surface area contributed by atoms with Gasteiger partial charge in [-0.15, -0.1) is 12.8 Å². The number of hydrogen-bond acceptors (Lipinski definition) is 1. The van der Waals surface area contributed by atoms with Gasteiger partial charge < -0.3 is 17.0 Å². The topological polar surface area (TPSA) is 12.0 Å². The van der Waals surface area contributed by atoms with Crippen LogP contribution in [-0.4, -0.2) is 30.8 Å². The number of halogens is 1. The normalized spacial score (nSPS) is 18.8. The van der Waals surface area contributed by atoms with Crippen molar-refractivity contribution >= 4 is 0 Å². The van der Waals surface area contributed by atoms with E-state index in [1.54, 1.807) is 0 Å². The first kappa shape index (κ1) is 11.5. The van der Waals surface area contributed by atoms with E-state index in [1.165, 1.54) is 6.42 Å². The molecule has 0 atom stereocenters. The molecule has 0 aromatic heterocycles. The summed E-state index contributed by atoms with van der Waals surface area (Å²) in [5.41, 5.74) is 3.32. The van der Waals surface area contributed by atoms with Crippen LogP contribution < -0.4 is 22.4 Å². The highest BCUT2D eigenvalue weighted by Gasteiger charge is 2.29. The molecule has 1 aliphatic heterocycles. The fourth-order valence-electron chi connectivity index (χ4n) is 1.45. The summed E-state index contributed by atoms with van der Waals surface area (Å²) in [4.78, 5) is 0. The Morgan fingerprint density at radius 3 is 2.17 bits per heavy atom. The van der Waals surface area contributed by atoms with Crippen LogP contribution in [0.2, 0.25) is 0 Å². The Morgan fingerprint density at radius 2 is 1.83 bits per heavy atom. The van der Waals surface area contributed by atoms with E-state index in [4.69, 9.17) is 12.8 Å². The van der Waals surface area contributed by atoms with Crippen LogP contribution in [-0.2, 0) is 0 Å². The van der Waals surface area contributed by atoms with Crippen LogP contribution in [0.4, 0.5) is 0 Å². The smallest absolute Gasteiger partial charge is 0.158 e. The van der Waals surface area contributed by atoms with Crippen LogP contribution in [0.1, 0.15) is 6.42 Å². The van der Waals surface area contributed by atoms with Gasteiger partial charge in [-0.3, -0.25) is 0 Å². The molecule has 1 fully saturated rings. The lowest BCUT2D eigenvalue weighted by molar-refractivity contribution is -0.944. The maximum atomic E-state index is 5.25. The Hall–Kier alpha value is -0.480. The first-order chi connectivity index (χ1) is 5.33. The standard InChI is InChI=1S/C9H13N2.BrH/c1-3-7-11(8-4-2)9-5-6-10-11;/h1-2,10H,5-9H2;1H/q+1;/p-1. The summed E-state index contributed by atoms with van der Waals surface area (Å²) in [6.45, 7) is 3.49. The average molecular weight is 229 g/mol. The molecule has 0 aliphatic carbocycles. The van der Waals surface area contributed by atoms with Gasteiger partial charge in [-0.1, -0.05) is 0 Å². The second-order valence-electron chi connectivity index (χ2n) is 2.85. The molecular formula is C9H13BrN2. The molecule has 2 nitrogen and oxygen atoms in total. The van der Waals surface area contributed by atoms with Crippen LogP contribution in [0.15, 0.2) is 0 Å². The molecule has 66 valence electrons. The quantitative estimate of drug-likeness (QED) is 0.392. The van der Waals surface area contributed by atoms with Crippen molar-refractivity contribution in [3.63, 3.8) is 0 Å². The fraction of sp³-hybridized carbons (Fsp3) is 0.556. The van der Waals surface area contributed by atoms with E-state index in [-0.39, 0.29) is 17.0 Å². The van der Waals surface area contributed by atoms with E-state index in [0.717, 1.165) is 13.1 Å². The van der Waals surface area contributed by atoms with Crippen molar-refractivity contribution in [3.8, 4) is 24.7 Å². The molecule has 0 unspecified atom stereocenters. The van der Waals surface area contributed by atoms with E-state index >= 15 is 0 Å². The summed E-state index contributed by atoms with van der Waals surface area (Å²) in [5, 5.41) is 0. The van der Waals surface area contributed by atoms with Crippen molar-refractivity contribution in [1.82, 2.24) is 5.43 Å². The number of quaternary nitrogens is 1. The van der Waals surface area contributed by atoms with Gasteiger partial charge in [0.05, 0.1) is 13.1 Å². The molecule has 0 radical (unpaired) electrons. The SMILES string of the molecule is C#CC[N+]1(CC#C)CCCN1.[Br-]. The zero-order chi connectivity index (χ0) is 8.16. The molecule has 1 rings (SSSR count). The van der Waals surface area contributed by atoms with Gasteiger partial charge in [-0.25, -0.2) is 4.59 Å². The van der Waals surface area contributed by atoms with Gasteiger partial charge in [0, 0.05) is 6.42 Å². The lowest BCUT2D eigenvalue weighted by atomic mass is 10.4. The lowest BCUT2D eigenvalue weighted by Crippen LogP contribution is -3.00. The summed E-state index contributed by atoms with van der Waals surface area (Å²) in [5.74, 6) is 5.30. The summed E-state index contributed by atoms with van der Waals surface area (Å²) >= 11 is 0. The number of terminal acetylenes is 2. The number of nitrogens with one attached hydrogen (secondary N) is 1. The summed E-state index contributed by atoms with van der Waals surface area (Å²) in [6.07, 6.45) is 11.7. The average Bonchev–Trinajstić information content (AvgIpc) is 2.39. The fourth-order valence-corrected chi connectivity index (χ4v) is 1.45. The van der Waals surface area contributed by atoms with E-state index in [2.05, 4.69) is 17.3 Å². The highest BCUT2D eigenvalue weighted by Crippen LogP contribution is 2.08. The molecule has 12 heavy (non-hydrogen) atoms. The molecule has 1 heterocycles. The van der Waals surface area contributed by atoms with Gasteiger partial charge in [0.15, 0.2) is 13.1 Å². The summed E-state index contributed by atoms with van der Waals surface area (Å²) in [7, 11) is 0. The molecule has 1 aliphatic rings. The first-order valence-electron chi connectivity index (χ1n) is 3.81. The van der Waals surface area contributed by atoms with Crippen LogP contribution >= 0.6 is 0 Å². The second-order valence-corrected chi connectivity index (χ2v) is 2.85. The van der Waals surface area contributed by atoms with Crippen LogP contribution in [0.3, 0.4) is 0 Å². The monoisotopic (exact) mass is 228 g/mol. The van der Waals surface area contributed by atoms with Crippen LogP contribution in [0, 0.1) is 24.7 Å². The minimum atomic E-state index is 0. The zero-order valence-corrected chi connectivity index (χ0v) is 8.60. The largest absolute Gasteiger partial charge is 1.00 e. The van der Waals surface area contributed by atoms with Gasteiger partial charge in [-0.05, 0) is 11.8 Å². The van der Waals surface area contributed by atoms with Gasteiger partial charge >= 0.3 is 0 Å². The zero-order valence-electron chi connectivity index (χ0n) is 7.02. The molecule has 1 N–H and O–H groups in total. The summed E-state index contributed by atoms with van der Waals surface area (Å²) < 4.78 is 0.715. The van der Waals surface area contributed by atoms with Crippen molar-refractivity contribution in [1.29, 1.82) is 0 Å². The number of nitrogens with zero attached hydrogens (tertiary/aromatic N) is 1. The van der Waals surface area contributed by atoms with E-state index in [1.807, 2.05) is 0 Å². The molecule has 3 heteroatoms. The minimum Gasteiger partial charge on any atom is -1.00 e. The van der Waals surface area contributed by atoms with Crippen LogP contribution in [0.5, 0.6) is 0 Å². The van der Waals surface area contributed by atoms with Gasteiger partial charge in [0.25, 0.3) is 0 Å². The number of rotatable bonds is 2. The predicted molar refractivity (Wildman–Crippen MR) is 45.1 cm³/mol. The van der Waals surface area contributed by atoms with Gasteiger partial charge in [0.2, 0.25) is 0 Å². The van der Waals surface area contributed by atoms with E-state index in [0.29, 0.717) is 17.7 Å². The molecular weight excluding hydrogens is 216 g/mol. The Bertz CT molecular complexity index is 188. The first-order valence-corrected chi connectivity index (χ1v) is 3.81. The Balaban J connectivity index is 0.00000121. The maximum absolute atomic E-state index is 5.25. The molecule has 0 saturated carbocycles. The van der Waals surface area contributed by atoms with Gasteiger partial charge in [0.1, 0.15) is 0 Å². The summed E-state index contributed by atoms with van der Waals surface area (Å²) in [6, 6.07) is 0. The molecule has 0 spiro atoms. The molecule has 0 aromatic carbocycles. The third kappa shape index (κ3) is 2.53. The van der Waals surface area contributed by atoms with E-state index < -0.39 is 0 Å². The molecule has 0 bridgehead atoms. The Morgan fingerprint density at radius 1 is 1.25 bits per heavy atom. The van der Waals surface area contributed by atoms with Crippen molar-refractivity contribution in [2.45, 2.75) is 6.42 Å². The van der Waals surface area contributed by atoms with Crippen molar-refractivity contribution in [3.05, 3.63) is 0 Å². The molecule has 0 amide bonds. The Kier molecular flexibility index (Phi) is 5.01. The van der Waals surface area contributed by atoms with Gasteiger partial charge in [-0.2, -0.15) is 5.43 Å². The molecule has 1 saturated heterocycles. The van der Waals surface area contributed by atoms with E-state index in [9.17, 15) is 0 Å². The minimum absolute atomic E-state index is 0. The maximum Gasteiger partial charge on any atom is 0.158 e.